The van der Waals surface area contributed by atoms with Crippen LogP contribution in [0.5, 0.6) is 0 Å². The van der Waals surface area contributed by atoms with Crippen LogP contribution in [0, 0.1) is 12.3 Å². The summed E-state index contributed by atoms with van der Waals surface area (Å²) < 4.78 is 0. The van der Waals surface area contributed by atoms with E-state index in [2.05, 4.69) is 15.9 Å². The molecule has 0 unspecified atom stereocenters. The Balaban J connectivity index is 2.75. The minimum absolute atomic E-state index is 0.279. The SMILES string of the molecule is C#Cc1ccc2nc(N)ncc2c1. The lowest BCUT2D eigenvalue weighted by atomic mass is 10.1. The molecule has 0 bridgehead atoms. The van der Waals surface area contributed by atoms with Gasteiger partial charge in [-0.2, -0.15) is 0 Å². The summed E-state index contributed by atoms with van der Waals surface area (Å²) in [5.74, 6) is 2.83. The van der Waals surface area contributed by atoms with Crippen molar-refractivity contribution < 1.29 is 0 Å². The maximum atomic E-state index is 5.43. The van der Waals surface area contributed by atoms with Crippen molar-refractivity contribution in [2.45, 2.75) is 0 Å². The maximum absolute atomic E-state index is 5.43. The Bertz CT molecular complexity index is 497. The van der Waals surface area contributed by atoms with Crippen LogP contribution >= 0.6 is 0 Å². The molecule has 0 saturated carbocycles. The molecule has 0 amide bonds. The second kappa shape index (κ2) is 2.76. The minimum atomic E-state index is 0.279. The molecule has 0 atom stereocenters. The average molecular weight is 169 g/mol. The Morgan fingerprint density at radius 2 is 2.23 bits per heavy atom. The number of anilines is 1. The second-order valence-electron chi connectivity index (χ2n) is 2.65. The van der Waals surface area contributed by atoms with Gasteiger partial charge in [0.2, 0.25) is 5.95 Å². The highest BCUT2D eigenvalue weighted by atomic mass is 15.0. The molecule has 0 aliphatic heterocycles. The number of benzene rings is 1. The highest BCUT2D eigenvalue weighted by Crippen LogP contribution is 2.12. The van der Waals surface area contributed by atoms with Crippen LogP contribution in [0.1, 0.15) is 5.56 Å². The lowest BCUT2D eigenvalue weighted by Gasteiger charge is -1.97. The van der Waals surface area contributed by atoms with Crippen molar-refractivity contribution in [3.8, 4) is 12.3 Å². The van der Waals surface area contributed by atoms with E-state index in [9.17, 15) is 0 Å². The minimum Gasteiger partial charge on any atom is -0.368 e. The number of nitrogen functional groups attached to an aromatic ring is 1. The number of aromatic nitrogens is 2. The molecule has 1 aromatic heterocycles. The molecule has 1 aromatic carbocycles. The van der Waals surface area contributed by atoms with Gasteiger partial charge in [0, 0.05) is 17.1 Å². The molecule has 0 aliphatic carbocycles. The van der Waals surface area contributed by atoms with Crippen LogP contribution in [0.4, 0.5) is 5.95 Å². The van der Waals surface area contributed by atoms with Gasteiger partial charge in [0.25, 0.3) is 0 Å². The van der Waals surface area contributed by atoms with Crippen molar-refractivity contribution in [2.24, 2.45) is 0 Å². The average Bonchev–Trinajstić information content (AvgIpc) is 2.17. The van der Waals surface area contributed by atoms with E-state index >= 15 is 0 Å². The summed E-state index contributed by atoms with van der Waals surface area (Å²) >= 11 is 0. The molecule has 1 heterocycles. The molecular weight excluding hydrogens is 162 g/mol. The Kier molecular flexibility index (Phi) is 1.60. The summed E-state index contributed by atoms with van der Waals surface area (Å²) in [7, 11) is 0. The van der Waals surface area contributed by atoms with Crippen LogP contribution < -0.4 is 5.73 Å². The maximum Gasteiger partial charge on any atom is 0.220 e. The van der Waals surface area contributed by atoms with Crippen molar-refractivity contribution >= 4 is 16.9 Å². The summed E-state index contributed by atoms with van der Waals surface area (Å²) in [4.78, 5) is 7.93. The molecule has 0 saturated heterocycles. The standard InChI is InChI=1S/C10H7N3/c1-2-7-3-4-9-8(5-7)6-12-10(11)13-9/h1,3-6H,(H2,11,12,13). The van der Waals surface area contributed by atoms with Gasteiger partial charge in [-0.05, 0) is 18.2 Å². The van der Waals surface area contributed by atoms with Gasteiger partial charge in [-0.3, -0.25) is 0 Å². The largest absolute Gasteiger partial charge is 0.368 e. The van der Waals surface area contributed by atoms with Gasteiger partial charge in [-0.15, -0.1) is 6.42 Å². The van der Waals surface area contributed by atoms with E-state index in [1.807, 2.05) is 18.2 Å². The Labute approximate surface area is 75.6 Å². The number of terminal acetylenes is 1. The van der Waals surface area contributed by atoms with E-state index in [0.29, 0.717) is 0 Å². The van der Waals surface area contributed by atoms with Crippen molar-refractivity contribution in [1.29, 1.82) is 0 Å². The Morgan fingerprint density at radius 1 is 1.38 bits per heavy atom. The number of fused-ring (bicyclic) bond motifs is 1. The molecule has 0 spiro atoms. The number of nitrogens with two attached hydrogens (primary N) is 1. The molecule has 3 nitrogen and oxygen atoms in total. The molecule has 3 heteroatoms. The third-order valence-electron chi connectivity index (χ3n) is 1.77. The van der Waals surface area contributed by atoms with Crippen molar-refractivity contribution in [1.82, 2.24) is 9.97 Å². The van der Waals surface area contributed by atoms with E-state index in [1.54, 1.807) is 6.20 Å². The van der Waals surface area contributed by atoms with Crippen molar-refractivity contribution in [3.63, 3.8) is 0 Å². The fraction of sp³-hybridized carbons (Fsp3) is 0. The van der Waals surface area contributed by atoms with E-state index in [0.717, 1.165) is 16.5 Å². The van der Waals surface area contributed by atoms with E-state index in [-0.39, 0.29) is 5.95 Å². The molecule has 0 aliphatic rings. The van der Waals surface area contributed by atoms with E-state index in [4.69, 9.17) is 12.2 Å². The smallest absolute Gasteiger partial charge is 0.220 e. The van der Waals surface area contributed by atoms with Gasteiger partial charge in [0.05, 0.1) is 5.52 Å². The van der Waals surface area contributed by atoms with Crippen LogP contribution in [0.15, 0.2) is 24.4 Å². The monoisotopic (exact) mass is 169 g/mol. The quantitative estimate of drug-likeness (QED) is 0.603. The number of rotatable bonds is 0. The van der Waals surface area contributed by atoms with Gasteiger partial charge < -0.3 is 5.73 Å². The third kappa shape index (κ3) is 1.30. The first kappa shape index (κ1) is 7.56. The highest BCUT2D eigenvalue weighted by Gasteiger charge is 1.96. The molecule has 62 valence electrons. The van der Waals surface area contributed by atoms with Gasteiger partial charge in [-0.1, -0.05) is 5.92 Å². The first-order valence-corrected chi connectivity index (χ1v) is 3.78. The van der Waals surface area contributed by atoms with Gasteiger partial charge >= 0.3 is 0 Å². The topological polar surface area (TPSA) is 51.8 Å². The number of hydrogen-bond acceptors (Lipinski definition) is 3. The van der Waals surface area contributed by atoms with Crippen LogP contribution in [-0.4, -0.2) is 9.97 Å². The summed E-state index contributed by atoms with van der Waals surface area (Å²) in [6, 6.07) is 5.52. The summed E-state index contributed by atoms with van der Waals surface area (Å²) in [5, 5.41) is 0.907. The fourth-order valence-corrected chi connectivity index (χ4v) is 1.14. The summed E-state index contributed by atoms with van der Waals surface area (Å²) in [5.41, 5.74) is 7.06. The summed E-state index contributed by atoms with van der Waals surface area (Å²) in [6.07, 6.45) is 6.92. The van der Waals surface area contributed by atoms with Crippen LogP contribution in [0.2, 0.25) is 0 Å². The predicted octanol–water partition coefficient (Wildman–Crippen LogP) is 1.19. The molecular formula is C10H7N3. The van der Waals surface area contributed by atoms with Crippen LogP contribution in [0.3, 0.4) is 0 Å². The molecule has 2 N–H and O–H groups in total. The zero-order valence-corrected chi connectivity index (χ0v) is 6.86. The van der Waals surface area contributed by atoms with E-state index in [1.165, 1.54) is 0 Å². The lowest BCUT2D eigenvalue weighted by Crippen LogP contribution is -1.93. The Hall–Kier alpha value is -2.08. The molecule has 2 rings (SSSR count). The second-order valence-corrected chi connectivity index (χ2v) is 2.65. The van der Waals surface area contributed by atoms with Crippen LogP contribution in [-0.2, 0) is 0 Å². The van der Waals surface area contributed by atoms with Gasteiger partial charge in [-0.25, -0.2) is 9.97 Å². The van der Waals surface area contributed by atoms with Crippen molar-refractivity contribution in [3.05, 3.63) is 30.0 Å². The zero-order valence-electron chi connectivity index (χ0n) is 6.86. The van der Waals surface area contributed by atoms with Crippen molar-refractivity contribution in [2.75, 3.05) is 5.73 Å². The molecule has 13 heavy (non-hydrogen) atoms. The third-order valence-corrected chi connectivity index (χ3v) is 1.77. The molecule has 0 fully saturated rings. The van der Waals surface area contributed by atoms with Gasteiger partial charge in [0.1, 0.15) is 0 Å². The van der Waals surface area contributed by atoms with Gasteiger partial charge in [0.15, 0.2) is 0 Å². The Morgan fingerprint density at radius 3 is 3.00 bits per heavy atom. The zero-order chi connectivity index (χ0) is 9.26. The lowest BCUT2D eigenvalue weighted by molar-refractivity contribution is 1.24. The first-order chi connectivity index (χ1) is 6.29. The highest BCUT2D eigenvalue weighted by molar-refractivity contribution is 5.80. The molecule has 2 aromatic rings. The number of hydrogen-bond donors (Lipinski definition) is 1. The first-order valence-electron chi connectivity index (χ1n) is 3.78. The fourth-order valence-electron chi connectivity index (χ4n) is 1.14. The van der Waals surface area contributed by atoms with E-state index < -0.39 is 0 Å². The molecule has 0 radical (unpaired) electrons. The summed E-state index contributed by atoms with van der Waals surface area (Å²) in [6.45, 7) is 0. The normalized spacial score (nSPS) is 9.77. The number of nitrogens with zero attached hydrogens (tertiary/aromatic N) is 2. The van der Waals surface area contributed by atoms with Crippen LogP contribution in [0.25, 0.3) is 10.9 Å². The predicted molar refractivity (Wildman–Crippen MR) is 51.9 cm³/mol.